The van der Waals surface area contributed by atoms with Crippen LogP contribution >= 0.6 is 0 Å². The number of nitrogens with zero attached hydrogens (tertiary/aromatic N) is 1. The van der Waals surface area contributed by atoms with E-state index < -0.39 is 23.6 Å². The Labute approximate surface area is 80.8 Å². The molecule has 3 amide bonds. The van der Waals surface area contributed by atoms with Gasteiger partial charge in [-0.2, -0.15) is 0 Å². The fourth-order valence-electron chi connectivity index (χ4n) is 1.60. The van der Waals surface area contributed by atoms with E-state index in [0.29, 0.717) is 0 Å². The van der Waals surface area contributed by atoms with Gasteiger partial charge in [0.1, 0.15) is 0 Å². The summed E-state index contributed by atoms with van der Waals surface area (Å²) in [4.78, 5) is 23.0. The Kier molecular flexibility index (Phi) is 2.36. The molecular formula is C8H11N3O3. The summed E-state index contributed by atoms with van der Waals surface area (Å²) in [5.74, 6) is 1.28. The molecule has 1 fully saturated rings. The lowest BCUT2D eigenvalue weighted by Gasteiger charge is -2.28. The fourth-order valence-corrected chi connectivity index (χ4v) is 1.60. The van der Waals surface area contributed by atoms with E-state index in [9.17, 15) is 14.7 Å². The molecule has 0 saturated carbocycles. The largest absolute Gasteiger partial charge is 0.391 e. The molecule has 2 unspecified atom stereocenters. The number of carbonyl (C=O) groups is 2. The van der Waals surface area contributed by atoms with E-state index in [1.807, 2.05) is 0 Å². The molecular weight excluding hydrogens is 186 g/mol. The summed E-state index contributed by atoms with van der Waals surface area (Å²) in [5.41, 5.74) is 8.54. The Morgan fingerprint density at radius 3 is 2.43 bits per heavy atom. The van der Waals surface area contributed by atoms with Crippen LogP contribution in [0.25, 0.3) is 0 Å². The van der Waals surface area contributed by atoms with Gasteiger partial charge in [0.2, 0.25) is 0 Å². The van der Waals surface area contributed by atoms with Crippen LogP contribution in [-0.2, 0) is 4.79 Å². The van der Waals surface area contributed by atoms with E-state index in [1.54, 1.807) is 0 Å². The molecule has 0 spiro atoms. The number of aliphatic hydroxyl groups is 1. The van der Waals surface area contributed by atoms with Crippen molar-refractivity contribution < 1.29 is 14.7 Å². The van der Waals surface area contributed by atoms with Gasteiger partial charge in [0.25, 0.3) is 5.91 Å². The van der Waals surface area contributed by atoms with Gasteiger partial charge in [-0.3, -0.25) is 9.69 Å². The molecule has 0 aliphatic carbocycles. The summed E-state index contributed by atoms with van der Waals surface area (Å²) >= 11 is 0. The highest BCUT2D eigenvalue weighted by molar-refractivity contribution is 5.93. The number of β-amino-alcohol motifs (C(OH)–C–C–N with tert-alkyl or cyclic N) is 1. The minimum Gasteiger partial charge on any atom is -0.391 e. The Balaban J connectivity index is 3.12. The van der Waals surface area contributed by atoms with Crippen molar-refractivity contribution in [2.24, 2.45) is 11.5 Å². The average molecular weight is 197 g/mol. The van der Waals surface area contributed by atoms with Gasteiger partial charge in [-0.1, -0.05) is 5.92 Å². The van der Waals surface area contributed by atoms with Crippen molar-refractivity contribution in [3.05, 3.63) is 0 Å². The summed E-state index contributed by atoms with van der Waals surface area (Å²) in [5, 5.41) is 9.31. The third-order valence-electron chi connectivity index (χ3n) is 2.30. The van der Waals surface area contributed by atoms with E-state index in [4.69, 9.17) is 17.9 Å². The quantitative estimate of drug-likeness (QED) is 0.422. The van der Waals surface area contributed by atoms with E-state index in [2.05, 4.69) is 5.92 Å². The molecule has 5 N–H and O–H groups in total. The first-order chi connectivity index (χ1) is 6.44. The van der Waals surface area contributed by atoms with Crippen molar-refractivity contribution in [3.8, 4) is 12.3 Å². The van der Waals surface area contributed by atoms with Gasteiger partial charge in [0, 0.05) is 6.42 Å². The number of hydrogen-bond acceptors (Lipinski definition) is 3. The third kappa shape index (κ3) is 1.28. The van der Waals surface area contributed by atoms with Crippen LogP contribution in [-0.4, -0.2) is 40.1 Å². The monoisotopic (exact) mass is 197 g/mol. The molecule has 1 aliphatic rings. The lowest BCUT2D eigenvalue weighted by atomic mass is 9.96. The molecule has 1 aliphatic heterocycles. The summed E-state index contributed by atoms with van der Waals surface area (Å²) in [6.07, 6.45) is 4.21. The predicted molar refractivity (Wildman–Crippen MR) is 47.7 cm³/mol. The topological polar surface area (TPSA) is 110 Å². The smallest absolute Gasteiger partial charge is 0.316 e. The van der Waals surface area contributed by atoms with Gasteiger partial charge in [-0.15, -0.1) is 6.42 Å². The van der Waals surface area contributed by atoms with Crippen molar-refractivity contribution in [2.75, 3.05) is 6.54 Å². The van der Waals surface area contributed by atoms with Crippen LogP contribution in [0.1, 0.15) is 6.42 Å². The molecule has 1 rings (SSSR count). The Bertz CT molecular complexity index is 322. The first-order valence-corrected chi connectivity index (χ1v) is 3.97. The van der Waals surface area contributed by atoms with Gasteiger partial charge >= 0.3 is 6.03 Å². The normalized spacial score (nSPS) is 31.1. The predicted octanol–water partition coefficient (Wildman–Crippen LogP) is -2.01. The van der Waals surface area contributed by atoms with Gasteiger partial charge in [0.05, 0.1) is 12.6 Å². The molecule has 0 bridgehead atoms. The number of terminal acetylenes is 1. The summed E-state index contributed by atoms with van der Waals surface area (Å²) in [6.45, 7) is -0.0670. The number of carbonyl (C=O) groups excluding carboxylic acids is 2. The number of urea groups is 1. The molecule has 76 valence electrons. The summed E-state index contributed by atoms with van der Waals surface area (Å²) in [7, 11) is 0. The maximum absolute atomic E-state index is 11.1. The van der Waals surface area contributed by atoms with Crippen LogP contribution in [0.4, 0.5) is 4.79 Å². The number of nitrogens with two attached hydrogens (primary N) is 2. The molecule has 0 aromatic carbocycles. The number of aliphatic hydroxyl groups excluding tert-OH is 1. The lowest BCUT2D eigenvalue weighted by Crippen LogP contribution is -2.56. The van der Waals surface area contributed by atoms with Crippen LogP contribution in [0, 0.1) is 12.3 Å². The highest BCUT2D eigenvalue weighted by Gasteiger charge is 2.50. The van der Waals surface area contributed by atoms with Gasteiger partial charge in [0.15, 0.2) is 5.54 Å². The maximum atomic E-state index is 11.1. The number of hydrogen-bond donors (Lipinski definition) is 3. The second-order valence-corrected chi connectivity index (χ2v) is 3.18. The second-order valence-electron chi connectivity index (χ2n) is 3.18. The van der Waals surface area contributed by atoms with Crippen molar-refractivity contribution in [1.82, 2.24) is 4.90 Å². The molecule has 0 radical (unpaired) electrons. The van der Waals surface area contributed by atoms with Crippen molar-refractivity contribution >= 4 is 11.9 Å². The zero-order valence-corrected chi connectivity index (χ0v) is 7.43. The average Bonchev–Trinajstić information content (AvgIpc) is 2.43. The molecule has 6 nitrogen and oxygen atoms in total. The zero-order valence-electron chi connectivity index (χ0n) is 7.43. The SMILES string of the molecule is C#CC1(C(N)=O)CC(O)CN1C(N)=O. The van der Waals surface area contributed by atoms with Crippen LogP contribution in [0.5, 0.6) is 0 Å². The van der Waals surface area contributed by atoms with Crippen LogP contribution < -0.4 is 11.5 Å². The molecule has 1 heterocycles. The van der Waals surface area contributed by atoms with Gasteiger partial charge in [-0.25, -0.2) is 4.79 Å². The highest BCUT2D eigenvalue weighted by Crippen LogP contribution is 2.28. The first-order valence-electron chi connectivity index (χ1n) is 3.97. The number of primary amides is 2. The van der Waals surface area contributed by atoms with E-state index >= 15 is 0 Å². The molecule has 1 saturated heterocycles. The summed E-state index contributed by atoms with van der Waals surface area (Å²) in [6, 6.07) is -0.863. The Hall–Kier alpha value is -1.74. The molecule has 0 aromatic rings. The molecule has 2 atom stereocenters. The Morgan fingerprint density at radius 2 is 2.14 bits per heavy atom. The van der Waals surface area contributed by atoms with Crippen molar-refractivity contribution in [3.63, 3.8) is 0 Å². The maximum Gasteiger partial charge on any atom is 0.316 e. The van der Waals surface area contributed by atoms with Crippen LogP contribution in [0.3, 0.4) is 0 Å². The molecule has 0 aromatic heterocycles. The lowest BCUT2D eigenvalue weighted by molar-refractivity contribution is -0.124. The minimum atomic E-state index is -1.58. The van der Waals surface area contributed by atoms with Crippen molar-refractivity contribution in [1.29, 1.82) is 0 Å². The third-order valence-corrected chi connectivity index (χ3v) is 2.30. The van der Waals surface area contributed by atoms with Crippen LogP contribution in [0.2, 0.25) is 0 Å². The fraction of sp³-hybridized carbons (Fsp3) is 0.500. The van der Waals surface area contributed by atoms with E-state index in [0.717, 1.165) is 4.90 Å². The van der Waals surface area contributed by atoms with E-state index in [1.165, 1.54) is 0 Å². The number of rotatable bonds is 1. The van der Waals surface area contributed by atoms with Gasteiger partial charge < -0.3 is 16.6 Å². The highest BCUT2D eigenvalue weighted by atomic mass is 16.3. The second kappa shape index (κ2) is 3.20. The molecule has 14 heavy (non-hydrogen) atoms. The van der Waals surface area contributed by atoms with Crippen molar-refractivity contribution in [2.45, 2.75) is 18.1 Å². The van der Waals surface area contributed by atoms with Crippen LogP contribution in [0.15, 0.2) is 0 Å². The number of amides is 3. The van der Waals surface area contributed by atoms with Gasteiger partial charge in [-0.05, 0) is 0 Å². The first kappa shape index (κ1) is 10.3. The molecule has 6 heteroatoms. The Morgan fingerprint density at radius 1 is 1.57 bits per heavy atom. The minimum absolute atomic E-state index is 0.0670. The van der Waals surface area contributed by atoms with E-state index in [-0.39, 0.29) is 13.0 Å². The zero-order chi connectivity index (χ0) is 10.9. The standard InChI is InChI=1S/C8H11N3O3/c1-2-8(6(9)13)3-5(12)4-11(8)7(10)14/h1,5,12H,3-4H2,(H2,9,13)(H2,10,14). The summed E-state index contributed by atoms with van der Waals surface area (Å²) < 4.78 is 0. The number of likely N-dealkylation sites (tertiary alicyclic amines) is 1.